The molecule has 2 heterocycles. The van der Waals surface area contributed by atoms with Crippen LogP contribution in [0, 0.1) is 22.7 Å². The molecule has 13 heteroatoms. The quantitative estimate of drug-likeness (QED) is 0.232. The lowest BCUT2D eigenvalue weighted by Gasteiger charge is -2.18. The van der Waals surface area contributed by atoms with E-state index < -0.39 is 5.25 Å². The van der Waals surface area contributed by atoms with Gasteiger partial charge in [0.1, 0.15) is 34.3 Å². The molecule has 0 aliphatic carbocycles. The van der Waals surface area contributed by atoms with Gasteiger partial charge in [-0.2, -0.15) is 10.5 Å². The number of benzene rings is 2. The predicted molar refractivity (Wildman–Crippen MR) is 158 cm³/mol. The zero-order valence-electron chi connectivity index (χ0n) is 22.9. The van der Waals surface area contributed by atoms with Crippen molar-refractivity contribution in [3.8, 4) is 46.3 Å². The van der Waals surface area contributed by atoms with E-state index >= 15 is 0 Å². The molecule has 41 heavy (non-hydrogen) atoms. The molecule has 1 unspecified atom stereocenters. The van der Waals surface area contributed by atoms with Gasteiger partial charge in [0.2, 0.25) is 11.7 Å². The minimum atomic E-state index is -0.642. The first-order valence-electron chi connectivity index (χ1n) is 12.2. The number of thiazole rings is 1. The highest BCUT2D eigenvalue weighted by Crippen LogP contribution is 2.45. The van der Waals surface area contributed by atoms with Gasteiger partial charge in [-0.1, -0.05) is 30.0 Å². The Morgan fingerprint density at radius 2 is 1.71 bits per heavy atom. The van der Waals surface area contributed by atoms with Crippen LogP contribution in [0.5, 0.6) is 23.0 Å². The normalized spacial score (nSPS) is 11.3. The summed E-state index contributed by atoms with van der Waals surface area (Å²) in [7, 11) is 5.99. The highest BCUT2D eigenvalue weighted by Gasteiger charge is 2.27. The van der Waals surface area contributed by atoms with Crippen LogP contribution in [0.15, 0.2) is 35.4 Å². The highest BCUT2D eigenvalue weighted by molar-refractivity contribution is 8.00. The number of carbonyl (C=O) groups is 1. The van der Waals surface area contributed by atoms with Gasteiger partial charge in [0.25, 0.3) is 0 Å². The number of rotatable bonds is 10. The van der Waals surface area contributed by atoms with E-state index in [0.717, 1.165) is 22.0 Å². The summed E-state index contributed by atoms with van der Waals surface area (Å²) in [6.07, 6.45) is 0.418. The second kappa shape index (κ2) is 12.6. The smallest absolute Gasteiger partial charge is 0.239 e. The number of methoxy groups -OCH3 is 4. The van der Waals surface area contributed by atoms with Crippen LogP contribution in [0.1, 0.15) is 24.5 Å². The number of hydrogen-bond acceptors (Lipinski definition) is 12. The van der Waals surface area contributed by atoms with Gasteiger partial charge in [-0.25, -0.2) is 9.97 Å². The van der Waals surface area contributed by atoms with E-state index in [1.54, 1.807) is 25.3 Å². The molecule has 4 aromatic rings. The first-order valence-corrected chi connectivity index (χ1v) is 13.9. The number of anilines is 2. The van der Waals surface area contributed by atoms with Crippen molar-refractivity contribution in [2.24, 2.45) is 0 Å². The molecule has 0 radical (unpaired) electrons. The third-order valence-corrected chi connectivity index (χ3v) is 8.40. The molecule has 4 rings (SSSR count). The molecular formula is C28H26N6O5S2. The maximum absolute atomic E-state index is 13.3. The standard InChI is InChI=1S/C28H26N6O5S2/c1-6-21(26(35)34-28-32-18-8-7-15(36-2)11-22(18)41-28)40-27-17(13-30)23(16(12-29)25(31)33-27)14-9-19(37-3)24(39-5)20(10-14)38-4/h7-11,21H,6H2,1-5H3,(H2,31,33)(H,32,34,35). The van der Waals surface area contributed by atoms with Crippen LogP contribution >= 0.6 is 23.1 Å². The lowest BCUT2D eigenvalue weighted by Crippen LogP contribution is -2.25. The molecule has 3 N–H and O–H groups in total. The fourth-order valence-corrected chi connectivity index (χ4v) is 6.04. The van der Waals surface area contributed by atoms with Crippen LogP contribution in [0.3, 0.4) is 0 Å². The van der Waals surface area contributed by atoms with E-state index in [2.05, 4.69) is 27.4 Å². The highest BCUT2D eigenvalue weighted by atomic mass is 32.2. The molecule has 0 aliphatic rings. The van der Waals surface area contributed by atoms with Crippen molar-refractivity contribution in [1.29, 1.82) is 10.5 Å². The van der Waals surface area contributed by atoms with Gasteiger partial charge >= 0.3 is 0 Å². The summed E-state index contributed by atoms with van der Waals surface area (Å²) in [5.41, 5.74) is 7.74. The zero-order valence-corrected chi connectivity index (χ0v) is 24.5. The number of amides is 1. The van der Waals surface area contributed by atoms with Crippen molar-refractivity contribution < 1.29 is 23.7 Å². The molecular weight excluding hydrogens is 564 g/mol. The summed E-state index contributed by atoms with van der Waals surface area (Å²) >= 11 is 2.41. The average Bonchev–Trinajstić information content (AvgIpc) is 3.39. The first kappa shape index (κ1) is 29.3. The van der Waals surface area contributed by atoms with Gasteiger partial charge < -0.3 is 30.0 Å². The Hall–Kier alpha value is -4.72. The number of nitrogens with zero attached hydrogens (tertiary/aromatic N) is 4. The summed E-state index contributed by atoms with van der Waals surface area (Å²) in [6.45, 7) is 1.85. The minimum absolute atomic E-state index is 0.0163. The van der Waals surface area contributed by atoms with Gasteiger partial charge in [0.05, 0.1) is 49.5 Å². The Morgan fingerprint density at radius 1 is 1.02 bits per heavy atom. The van der Waals surface area contributed by atoms with Crippen LogP contribution in [0.25, 0.3) is 21.3 Å². The largest absolute Gasteiger partial charge is 0.497 e. The number of nitrogen functional groups attached to an aromatic ring is 1. The number of hydrogen-bond donors (Lipinski definition) is 2. The monoisotopic (exact) mass is 590 g/mol. The summed E-state index contributed by atoms with van der Waals surface area (Å²) in [4.78, 5) is 22.2. The van der Waals surface area contributed by atoms with Crippen molar-refractivity contribution in [3.05, 3.63) is 41.5 Å². The summed E-state index contributed by atoms with van der Waals surface area (Å²) in [5.74, 6) is 1.32. The number of fused-ring (bicyclic) bond motifs is 1. The Labute approximate surface area is 244 Å². The van der Waals surface area contributed by atoms with Crippen molar-refractivity contribution in [1.82, 2.24) is 9.97 Å². The second-order valence-corrected chi connectivity index (χ2v) is 10.6. The maximum atomic E-state index is 13.3. The van der Waals surface area contributed by atoms with Gasteiger partial charge in [0.15, 0.2) is 16.6 Å². The van der Waals surface area contributed by atoms with Crippen LogP contribution in [-0.2, 0) is 4.79 Å². The molecule has 2 aromatic carbocycles. The van der Waals surface area contributed by atoms with Gasteiger partial charge in [-0.15, -0.1) is 0 Å². The molecule has 0 spiro atoms. The predicted octanol–water partition coefficient (Wildman–Crippen LogP) is 5.23. The zero-order chi connectivity index (χ0) is 29.7. The SMILES string of the molecule is CCC(Sc1nc(N)c(C#N)c(-c2cc(OC)c(OC)c(OC)c2)c1C#N)C(=O)Nc1nc2ccc(OC)cc2s1. The first-order chi connectivity index (χ1) is 19.8. The Kier molecular flexibility index (Phi) is 9.02. The van der Waals surface area contributed by atoms with Gasteiger partial charge in [-0.05, 0) is 42.3 Å². The average molecular weight is 591 g/mol. The van der Waals surface area contributed by atoms with Crippen molar-refractivity contribution in [3.63, 3.8) is 0 Å². The summed E-state index contributed by atoms with van der Waals surface area (Å²) in [5, 5.41) is 23.1. The molecule has 1 amide bonds. The summed E-state index contributed by atoms with van der Waals surface area (Å²) < 4.78 is 22.5. The third-order valence-electron chi connectivity index (χ3n) is 6.11. The topological polar surface area (TPSA) is 165 Å². The Balaban J connectivity index is 1.74. The number of nitriles is 2. The van der Waals surface area contributed by atoms with E-state index in [1.165, 1.54) is 32.7 Å². The number of pyridine rings is 1. The second-order valence-electron chi connectivity index (χ2n) is 8.42. The number of nitrogens with one attached hydrogen (secondary N) is 1. The van der Waals surface area contributed by atoms with E-state index in [4.69, 9.17) is 24.7 Å². The van der Waals surface area contributed by atoms with Gasteiger partial charge in [-0.3, -0.25) is 4.79 Å². The fourth-order valence-electron chi connectivity index (χ4n) is 4.13. The lowest BCUT2D eigenvalue weighted by molar-refractivity contribution is -0.115. The molecule has 0 saturated heterocycles. The van der Waals surface area contributed by atoms with Crippen LogP contribution in [0.4, 0.5) is 10.9 Å². The fraction of sp³-hybridized carbons (Fsp3) is 0.250. The van der Waals surface area contributed by atoms with Gasteiger partial charge in [0, 0.05) is 5.56 Å². The lowest BCUT2D eigenvalue weighted by atomic mass is 9.96. The van der Waals surface area contributed by atoms with Crippen molar-refractivity contribution >= 4 is 50.2 Å². The molecule has 0 aliphatic heterocycles. The van der Waals surface area contributed by atoms with E-state index in [9.17, 15) is 15.3 Å². The molecule has 0 fully saturated rings. The number of thioether (sulfide) groups is 1. The van der Waals surface area contributed by atoms with Crippen molar-refractivity contribution in [2.45, 2.75) is 23.6 Å². The van der Waals surface area contributed by atoms with E-state index in [0.29, 0.717) is 40.1 Å². The third kappa shape index (κ3) is 5.77. The molecule has 0 saturated carbocycles. The number of carbonyl (C=O) groups excluding carboxylic acids is 1. The molecule has 0 bridgehead atoms. The van der Waals surface area contributed by atoms with Crippen LogP contribution < -0.4 is 30.0 Å². The van der Waals surface area contributed by atoms with E-state index in [1.807, 2.05) is 19.1 Å². The Morgan fingerprint density at radius 3 is 2.27 bits per heavy atom. The number of nitrogens with two attached hydrogens (primary N) is 1. The summed E-state index contributed by atoms with van der Waals surface area (Å²) in [6, 6.07) is 12.9. The number of aromatic nitrogens is 2. The van der Waals surface area contributed by atoms with Crippen molar-refractivity contribution in [2.75, 3.05) is 39.5 Å². The Bertz CT molecular complexity index is 1680. The van der Waals surface area contributed by atoms with E-state index in [-0.39, 0.29) is 33.4 Å². The van der Waals surface area contributed by atoms with Crippen LogP contribution in [-0.4, -0.2) is 49.6 Å². The molecule has 1 atom stereocenters. The molecule has 2 aromatic heterocycles. The minimum Gasteiger partial charge on any atom is -0.497 e. The molecule has 210 valence electrons. The maximum Gasteiger partial charge on any atom is 0.239 e. The number of ether oxygens (including phenoxy) is 4. The molecule has 11 nitrogen and oxygen atoms in total. The van der Waals surface area contributed by atoms with Crippen LogP contribution in [0.2, 0.25) is 0 Å².